The van der Waals surface area contributed by atoms with Gasteiger partial charge in [0.05, 0.1) is 0 Å². The molecule has 0 aromatic heterocycles. The zero-order valence-electron chi connectivity index (χ0n) is 17.0. The second kappa shape index (κ2) is 9.40. The topological polar surface area (TPSA) is 64.6 Å². The summed E-state index contributed by atoms with van der Waals surface area (Å²) in [6, 6.07) is 19.2. The number of aryl methyl sites for hydroxylation is 1. The van der Waals surface area contributed by atoms with E-state index >= 15 is 0 Å². The number of amides is 1. The molecule has 1 N–H and O–H groups in total. The number of benzene rings is 2. The lowest BCUT2D eigenvalue weighted by Gasteiger charge is -2.32. The van der Waals surface area contributed by atoms with Crippen LogP contribution >= 0.6 is 0 Å². The summed E-state index contributed by atoms with van der Waals surface area (Å²) in [5, 5.41) is 2.72. The number of carbonyl (C=O) groups is 2. The molecule has 5 nitrogen and oxygen atoms in total. The van der Waals surface area contributed by atoms with Crippen molar-refractivity contribution in [3.63, 3.8) is 0 Å². The van der Waals surface area contributed by atoms with Crippen LogP contribution in [0.2, 0.25) is 0 Å². The normalized spacial score (nSPS) is 13.3. The van der Waals surface area contributed by atoms with E-state index in [1.165, 1.54) is 0 Å². The minimum absolute atomic E-state index is 0.135. The van der Waals surface area contributed by atoms with Gasteiger partial charge >= 0.3 is 12.1 Å². The number of hydrogen-bond donors (Lipinski definition) is 1. The van der Waals surface area contributed by atoms with Gasteiger partial charge in [-0.05, 0) is 51.7 Å². The molecule has 0 heterocycles. The molecule has 150 valence electrons. The van der Waals surface area contributed by atoms with Crippen molar-refractivity contribution in [1.82, 2.24) is 5.32 Å². The molecule has 2 aromatic carbocycles. The third-order valence-corrected chi connectivity index (χ3v) is 4.20. The maximum Gasteiger partial charge on any atom is 0.408 e. The van der Waals surface area contributed by atoms with Gasteiger partial charge in [0.25, 0.3) is 0 Å². The molecule has 0 radical (unpaired) electrons. The molecule has 1 amide bonds. The Bertz CT molecular complexity index is 768. The Labute approximate surface area is 167 Å². The van der Waals surface area contributed by atoms with Crippen LogP contribution in [0.3, 0.4) is 0 Å². The molecule has 0 aliphatic heterocycles. The molecular formula is C23H29NO4. The quantitative estimate of drug-likeness (QED) is 0.707. The SMILES string of the molecule is CC(C)(C)OC(=O)[C@](C)(CCc1ccccc1)NC(=O)OCc1ccccc1. The van der Waals surface area contributed by atoms with Gasteiger partial charge in [0.15, 0.2) is 0 Å². The summed E-state index contributed by atoms with van der Waals surface area (Å²) in [5.41, 5.74) is 0.107. The van der Waals surface area contributed by atoms with E-state index in [1.54, 1.807) is 27.7 Å². The Kier molecular flexibility index (Phi) is 7.21. The molecule has 0 spiro atoms. The van der Waals surface area contributed by atoms with Crippen molar-refractivity contribution in [2.45, 2.75) is 58.3 Å². The summed E-state index contributed by atoms with van der Waals surface area (Å²) in [6.07, 6.45) is 0.368. The maximum absolute atomic E-state index is 12.8. The van der Waals surface area contributed by atoms with Crippen molar-refractivity contribution in [2.75, 3.05) is 0 Å². The molecular weight excluding hydrogens is 354 g/mol. The molecule has 2 aromatic rings. The van der Waals surface area contributed by atoms with Crippen molar-refractivity contribution in [1.29, 1.82) is 0 Å². The summed E-state index contributed by atoms with van der Waals surface area (Å²) in [7, 11) is 0. The standard InChI is InChI=1S/C23H29NO4/c1-22(2,3)28-20(25)23(4,16-15-18-11-7-5-8-12-18)24-21(26)27-17-19-13-9-6-10-14-19/h5-14H,15-17H2,1-4H3,(H,24,26)/t23-/m0/s1. The highest BCUT2D eigenvalue weighted by molar-refractivity contribution is 5.85. The fourth-order valence-electron chi connectivity index (χ4n) is 2.63. The average molecular weight is 383 g/mol. The lowest BCUT2D eigenvalue weighted by molar-refractivity contribution is -0.162. The van der Waals surface area contributed by atoms with Gasteiger partial charge in [-0.3, -0.25) is 0 Å². The summed E-state index contributed by atoms with van der Waals surface area (Å²) in [4.78, 5) is 25.2. The highest BCUT2D eigenvalue weighted by atomic mass is 16.6. The van der Waals surface area contributed by atoms with Gasteiger partial charge in [-0.15, -0.1) is 0 Å². The van der Waals surface area contributed by atoms with Gasteiger partial charge in [-0.25, -0.2) is 9.59 Å². The van der Waals surface area contributed by atoms with Gasteiger partial charge in [0, 0.05) is 0 Å². The van der Waals surface area contributed by atoms with E-state index in [-0.39, 0.29) is 6.61 Å². The molecule has 1 atom stereocenters. The lowest BCUT2D eigenvalue weighted by Crippen LogP contribution is -2.54. The fourth-order valence-corrected chi connectivity index (χ4v) is 2.63. The lowest BCUT2D eigenvalue weighted by atomic mass is 9.93. The molecule has 28 heavy (non-hydrogen) atoms. The van der Waals surface area contributed by atoms with E-state index < -0.39 is 23.2 Å². The number of nitrogens with one attached hydrogen (secondary N) is 1. The van der Waals surface area contributed by atoms with Gasteiger partial charge in [0.2, 0.25) is 0 Å². The first-order valence-electron chi connectivity index (χ1n) is 9.44. The third-order valence-electron chi connectivity index (χ3n) is 4.20. The third kappa shape index (κ3) is 7.06. The molecule has 5 heteroatoms. The molecule has 0 saturated carbocycles. The van der Waals surface area contributed by atoms with E-state index in [1.807, 2.05) is 60.7 Å². The summed E-state index contributed by atoms with van der Waals surface area (Å²) < 4.78 is 10.8. The van der Waals surface area contributed by atoms with Crippen LogP contribution in [0.5, 0.6) is 0 Å². The number of rotatable bonds is 7. The summed E-state index contributed by atoms with van der Waals surface area (Å²) in [6.45, 7) is 7.21. The van der Waals surface area contributed by atoms with Gasteiger partial charge < -0.3 is 14.8 Å². The molecule has 0 unspecified atom stereocenters. The maximum atomic E-state index is 12.8. The van der Waals surface area contributed by atoms with Crippen LogP contribution in [0.1, 0.15) is 45.2 Å². The summed E-state index contributed by atoms with van der Waals surface area (Å²) >= 11 is 0. The zero-order chi connectivity index (χ0) is 20.6. The fraction of sp³-hybridized carbons (Fsp3) is 0.391. The minimum Gasteiger partial charge on any atom is -0.458 e. The van der Waals surface area contributed by atoms with Crippen molar-refractivity contribution in [2.24, 2.45) is 0 Å². The zero-order valence-corrected chi connectivity index (χ0v) is 17.0. The number of carbonyl (C=O) groups excluding carboxylic acids is 2. The van der Waals surface area contributed by atoms with E-state index in [0.717, 1.165) is 11.1 Å². The molecule has 0 saturated heterocycles. The van der Waals surface area contributed by atoms with Crippen molar-refractivity contribution < 1.29 is 19.1 Å². The van der Waals surface area contributed by atoms with Crippen LogP contribution in [0.4, 0.5) is 4.79 Å². The Morgan fingerprint density at radius 1 is 0.857 bits per heavy atom. The van der Waals surface area contributed by atoms with Crippen molar-refractivity contribution >= 4 is 12.1 Å². The first kappa shape index (κ1) is 21.5. The predicted octanol–water partition coefficient (Wildman–Crippen LogP) is 4.65. The predicted molar refractivity (Wildman–Crippen MR) is 109 cm³/mol. The van der Waals surface area contributed by atoms with Crippen LogP contribution < -0.4 is 5.32 Å². The van der Waals surface area contributed by atoms with Crippen LogP contribution in [0.15, 0.2) is 60.7 Å². The van der Waals surface area contributed by atoms with Crippen molar-refractivity contribution in [3.05, 3.63) is 71.8 Å². The number of alkyl carbamates (subject to hydrolysis) is 1. The van der Waals surface area contributed by atoms with Crippen LogP contribution in [-0.4, -0.2) is 23.2 Å². The molecule has 0 fully saturated rings. The van der Waals surface area contributed by atoms with E-state index in [0.29, 0.717) is 12.8 Å². The number of ether oxygens (including phenoxy) is 2. The van der Waals surface area contributed by atoms with E-state index in [2.05, 4.69) is 5.32 Å². The molecule has 0 bridgehead atoms. The van der Waals surface area contributed by atoms with Gasteiger partial charge in [-0.1, -0.05) is 60.7 Å². The van der Waals surface area contributed by atoms with Crippen LogP contribution in [0, 0.1) is 0 Å². The van der Waals surface area contributed by atoms with E-state index in [9.17, 15) is 9.59 Å². The highest BCUT2D eigenvalue weighted by Gasteiger charge is 2.39. The molecule has 0 aliphatic rings. The van der Waals surface area contributed by atoms with Crippen LogP contribution in [0.25, 0.3) is 0 Å². The first-order valence-corrected chi connectivity index (χ1v) is 9.44. The Morgan fingerprint density at radius 2 is 1.39 bits per heavy atom. The smallest absolute Gasteiger partial charge is 0.408 e. The number of esters is 1. The Hall–Kier alpha value is -2.82. The first-order chi connectivity index (χ1) is 13.2. The Morgan fingerprint density at radius 3 is 1.93 bits per heavy atom. The second-order valence-corrected chi connectivity index (χ2v) is 8.01. The Balaban J connectivity index is 2.05. The largest absolute Gasteiger partial charge is 0.458 e. The molecule has 0 aliphatic carbocycles. The van der Waals surface area contributed by atoms with Crippen LogP contribution in [-0.2, 0) is 27.3 Å². The van der Waals surface area contributed by atoms with E-state index in [4.69, 9.17) is 9.47 Å². The van der Waals surface area contributed by atoms with Gasteiger partial charge in [0.1, 0.15) is 17.7 Å². The van der Waals surface area contributed by atoms with Crippen molar-refractivity contribution in [3.8, 4) is 0 Å². The van der Waals surface area contributed by atoms with Gasteiger partial charge in [-0.2, -0.15) is 0 Å². The highest BCUT2D eigenvalue weighted by Crippen LogP contribution is 2.20. The minimum atomic E-state index is -1.20. The second-order valence-electron chi connectivity index (χ2n) is 8.01. The summed E-state index contributed by atoms with van der Waals surface area (Å²) in [5.74, 6) is -0.479. The molecule has 2 rings (SSSR count). The average Bonchev–Trinajstić information content (AvgIpc) is 2.65. The number of hydrogen-bond acceptors (Lipinski definition) is 4. The monoisotopic (exact) mass is 383 g/mol.